The summed E-state index contributed by atoms with van der Waals surface area (Å²) in [6, 6.07) is 7.27. The van der Waals surface area contributed by atoms with Crippen molar-refractivity contribution in [2.24, 2.45) is 0 Å². The third-order valence-electron chi connectivity index (χ3n) is 3.47. The summed E-state index contributed by atoms with van der Waals surface area (Å²) in [6.45, 7) is 9.04. The van der Waals surface area contributed by atoms with Gasteiger partial charge in [0.1, 0.15) is 0 Å². The molecule has 1 aromatic rings. The minimum atomic E-state index is -3.22. The van der Waals surface area contributed by atoms with E-state index in [1.165, 1.54) is 0 Å². The summed E-state index contributed by atoms with van der Waals surface area (Å²) in [5, 5.41) is 9.47. The van der Waals surface area contributed by atoms with Crippen molar-refractivity contribution < 1.29 is 13.5 Å². The lowest BCUT2D eigenvalue weighted by molar-refractivity contribution is 0.108. The highest BCUT2D eigenvalue weighted by Crippen LogP contribution is 2.13. The maximum atomic E-state index is 12.2. The summed E-state index contributed by atoms with van der Waals surface area (Å²) in [6.07, 6.45) is 0.169. The molecule has 0 aromatic heterocycles. The molecule has 0 amide bonds. The Labute approximate surface area is 128 Å². The largest absolute Gasteiger partial charge is 0.392 e. The third-order valence-corrected chi connectivity index (χ3v) is 5.28. The van der Waals surface area contributed by atoms with Gasteiger partial charge in [-0.2, -0.15) is 0 Å². The van der Waals surface area contributed by atoms with E-state index in [0.717, 1.165) is 5.56 Å². The SMILES string of the molecule is Cc1ccc(S(=O)(=O)CCCN(CC(C)O)C(C)C)cc1. The van der Waals surface area contributed by atoms with Gasteiger partial charge >= 0.3 is 0 Å². The Morgan fingerprint density at radius 2 is 1.71 bits per heavy atom. The average molecular weight is 313 g/mol. The number of sulfone groups is 1. The van der Waals surface area contributed by atoms with Crippen molar-refractivity contribution in [1.29, 1.82) is 0 Å². The molecule has 0 heterocycles. The molecule has 0 saturated heterocycles. The van der Waals surface area contributed by atoms with E-state index in [4.69, 9.17) is 0 Å². The molecule has 1 N–H and O–H groups in total. The maximum Gasteiger partial charge on any atom is 0.178 e. The summed E-state index contributed by atoms with van der Waals surface area (Å²) >= 11 is 0. The summed E-state index contributed by atoms with van der Waals surface area (Å²) in [4.78, 5) is 2.50. The second-order valence-electron chi connectivity index (χ2n) is 5.92. The van der Waals surface area contributed by atoms with Crippen molar-refractivity contribution in [3.8, 4) is 0 Å². The van der Waals surface area contributed by atoms with Gasteiger partial charge in [0.2, 0.25) is 0 Å². The molecule has 0 radical (unpaired) electrons. The zero-order valence-electron chi connectivity index (χ0n) is 13.4. The Hall–Kier alpha value is -0.910. The van der Waals surface area contributed by atoms with Crippen LogP contribution in [-0.2, 0) is 9.84 Å². The van der Waals surface area contributed by atoms with Gasteiger partial charge in [-0.25, -0.2) is 8.42 Å². The van der Waals surface area contributed by atoms with Gasteiger partial charge < -0.3 is 5.11 Å². The zero-order valence-corrected chi connectivity index (χ0v) is 14.2. The Bertz CT molecular complexity index is 521. The first kappa shape index (κ1) is 18.1. The average Bonchev–Trinajstić information content (AvgIpc) is 2.37. The van der Waals surface area contributed by atoms with Crippen LogP contribution in [-0.4, -0.2) is 49.4 Å². The molecule has 0 saturated carbocycles. The smallest absolute Gasteiger partial charge is 0.178 e. The molecule has 0 bridgehead atoms. The standard InChI is InChI=1S/C16H27NO3S/c1-13(2)17(12-15(4)18)10-5-11-21(19,20)16-8-6-14(3)7-9-16/h6-9,13,15,18H,5,10-12H2,1-4H3. The lowest BCUT2D eigenvalue weighted by atomic mass is 10.2. The van der Waals surface area contributed by atoms with E-state index in [2.05, 4.69) is 18.7 Å². The van der Waals surface area contributed by atoms with Gasteiger partial charge in [-0.05, 0) is 52.8 Å². The first-order valence-electron chi connectivity index (χ1n) is 7.44. The molecular weight excluding hydrogens is 286 g/mol. The second kappa shape index (κ2) is 7.92. The summed E-state index contributed by atoms with van der Waals surface area (Å²) < 4.78 is 24.5. The van der Waals surface area contributed by atoms with E-state index in [1.54, 1.807) is 19.1 Å². The van der Waals surface area contributed by atoms with E-state index in [9.17, 15) is 13.5 Å². The topological polar surface area (TPSA) is 57.6 Å². The molecular formula is C16H27NO3S. The fourth-order valence-corrected chi connectivity index (χ4v) is 3.52. The van der Waals surface area contributed by atoms with E-state index in [-0.39, 0.29) is 5.75 Å². The minimum Gasteiger partial charge on any atom is -0.392 e. The number of rotatable bonds is 8. The van der Waals surface area contributed by atoms with Crippen LogP contribution >= 0.6 is 0 Å². The Morgan fingerprint density at radius 3 is 2.19 bits per heavy atom. The van der Waals surface area contributed by atoms with Gasteiger partial charge in [-0.1, -0.05) is 17.7 Å². The lowest BCUT2D eigenvalue weighted by Crippen LogP contribution is -2.37. The number of nitrogens with zero attached hydrogens (tertiary/aromatic N) is 1. The monoisotopic (exact) mass is 313 g/mol. The van der Waals surface area contributed by atoms with Gasteiger partial charge in [0.25, 0.3) is 0 Å². The number of benzene rings is 1. The Balaban J connectivity index is 2.59. The first-order valence-corrected chi connectivity index (χ1v) is 9.09. The Morgan fingerprint density at radius 1 is 1.14 bits per heavy atom. The van der Waals surface area contributed by atoms with Crippen LogP contribution in [0.15, 0.2) is 29.2 Å². The maximum absolute atomic E-state index is 12.2. The zero-order chi connectivity index (χ0) is 16.0. The van der Waals surface area contributed by atoms with Crippen LogP contribution in [0.2, 0.25) is 0 Å². The van der Waals surface area contributed by atoms with E-state index in [0.29, 0.717) is 30.4 Å². The lowest BCUT2D eigenvalue weighted by Gasteiger charge is -2.27. The quantitative estimate of drug-likeness (QED) is 0.800. The predicted octanol–water partition coefficient (Wildman–Crippen LogP) is 2.25. The van der Waals surface area contributed by atoms with Crippen LogP contribution < -0.4 is 0 Å². The van der Waals surface area contributed by atoms with Crippen molar-refractivity contribution in [3.05, 3.63) is 29.8 Å². The van der Waals surface area contributed by atoms with Crippen molar-refractivity contribution >= 4 is 9.84 Å². The van der Waals surface area contributed by atoms with E-state index < -0.39 is 15.9 Å². The van der Waals surface area contributed by atoms with Gasteiger partial charge in [0, 0.05) is 12.6 Å². The van der Waals surface area contributed by atoms with Gasteiger partial charge in [-0.15, -0.1) is 0 Å². The number of hydrogen-bond donors (Lipinski definition) is 1. The normalized spacial score (nSPS) is 13.9. The summed E-state index contributed by atoms with van der Waals surface area (Å²) in [7, 11) is -3.22. The Kier molecular flexibility index (Phi) is 6.84. The van der Waals surface area contributed by atoms with Crippen LogP contribution in [0.3, 0.4) is 0 Å². The molecule has 1 atom stereocenters. The van der Waals surface area contributed by atoms with Crippen molar-refractivity contribution in [2.45, 2.75) is 51.2 Å². The molecule has 0 aliphatic heterocycles. The molecule has 0 aliphatic carbocycles. The molecule has 4 nitrogen and oxygen atoms in total. The highest BCUT2D eigenvalue weighted by Gasteiger charge is 2.16. The van der Waals surface area contributed by atoms with Crippen LogP contribution in [0.25, 0.3) is 0 Å². The minimum absolute atomic E-state index is 0.138. The molecule has 0 aliphatic rings. The number of aliphatic hydroxyl groups is 1. The summed E-state index contributed by atoms with van der Waals surface area (Å²) in [5.74, 6) is 0.138. The highest BCUT2D eigenvalue weighted by molar-refractivity contribution is 7.91. The van der Waals surface area contributed by atoms with Crippen LogP contribution in [0.4, 0.5) is 0 Å². The third kappa shape index (κ3) is 6.16. The second-order valence-corrected chi connectivity index (χ2v) is 8.03. The van der Waals surface area contributed by atoms with Crippen molar-refractivity contribution in [1.82, 2.24) is 4.90 Å². The van der Waals surface area contributed by atoms with Crippen LogP contribution in [0.1, 0.15) is 32.8 Å². The number of aliphatic hydroxyl groups excluding tert-OH is 1. The number of hydrogen-bond acceptors (Lipinski definition) is 4. The fraction of sp³-hybridized carbons (Fsp3) is 0.625. The fourth-order valence-electron chi connectivity index (χ4n) is 2.22. The van der Waals surface area contributed by atoms with Gasteiger partial charge in [0.05, 0.1) is 16.8 Å². The summed E-state index contributed by atoms with van der Waals surface area (Å²) in [5.41, 5.74) is 1.05. The highest BCUT2D eigenvalue weighted by atomic mass is 32.2. The first-order chi connectivity index (χ1) is 9.72. The van der Waals surface area contributed by atoms with E-state index in [1.807, 2.05) is 19.1 Å². The molecule has 120 valence electrons. The van der Waals surface area contributed by atoms with Crippen molar-refractivity contribution in [3.63, 3.8) is 0 Å². The van der Waals surface area contributed by atoms with Gasteiger partial charge in [0.15, 0.2) is 9.84 Å². The molecule has 1 rings (SSSR count). The molecule has 5 heteroatoms. The molecule has 0 fully saturated rings. The number of aryl methyl sites for hydroxylation is 1. The molecule has 0 spiro atoms. The van der Waals surface area contributed by atoms with Crippen molar-refractivity contribution in [2.75, 3.05) is 18.8 Å². The predicted molar refractivity (Wildman–Crippen MR) is 86.2 cm³/mol. The molecule has 1 unspecified atom stereocenters. The van der Waals surface area contributed by atoms with Gasteiger partial charge in [-0.3, -0.25) is 4.90 Å². The molecule has 21 heavy (non-hydrogen) atoms. The van der Waals surface area contributed by atoms with Crippen LogP contribution in [0, 0.1) is 6.92 Å². The van der Waals surface area contributed by atoms with E-state index >= 15 is 0 Å². The molecule has 1 aromatic carbocycles. The van der Waals surface area contributed by atoms with Crippen LogP contribution in [0.5, 0.6) is 0 Å².